The van der Waals surface area contributed by atoms with Crippen LogP contribution in [0.1, 0.15) is 12.5 Å². The molecule has 0 spiro atoms. The molecule has 0 aliphatic rings. The molecular weight excluding hydrogens is 336 g/mol. The summed E-state index contributed by atoms with van der Waals surface area (Å²) in [6.07, 6.45) is 1.75. The number of rotatable bonds is 4. The molecule has 0 unspecified atom stereocenters. The molecule has 0 saturated carbocycles. The molecule has 0 atom stereocenters. The third kappa shape index (κ3) is 3.92. The van der Waals surface area contributed by atoms with Crippen molar-refractivity contribution < 1.29 is 13.2 Å². The zero-order valence-electron chi connectivity index (χ0n) is 13.5. The third-order valence-corrected chi connectivity index (χ3v) is 5.05. The highest BCUT2D eigenvalue weighted by atomic mass is 32.2. The Hall–Kier alpha value is -2.99. The van der Waals surface area contributed by atoms with Crippen LogP contribution in [-0.2, 0) is 14.8 Å². The highest BCUT2D eigenvalue weighted by molar-refractivity contribution is 7.90. The van der Waals surface area contributed by atoms with Gasteiger partial charge >= 0.3 is 0 Å². The van der Waals surface area contributed by atoms with Crippen LogP contribution in [0, 0.1) is 0 Å². The average Bonchev–Trinajstić information content (AvgIpc) is 2.59. The fourth-order valence-corrected chi connectivity index (χ4v) is 3.46. The van der Waals surface area contributed by atoms with Crippen LogP contribution in [0.5, 0.6) is 0 Å². The van der Waals surface area contributed by atoms with Gasteiger partial charge in [-0.25, -0.2) is 13.1 Å². The molecule has 0 aromatic heterocycles. The Morgan fingerprint density at radius 1 is 0.960 bits per heavy atom. The van der Waals surface area contributed by atoms with E-state index < -0.39 is 15.9 Å². The molecule has 3 rings (SSSR count). The van der Waals surface area contributed by atoms with Gasteiger partial charge < -0.3 is 0 Å². The topological polar surface area (TPSA) is 75.6 Å². The van der Waals surface area contributed by atoms with Crippen molar-refractivity contribution in [3.05, 3.63) is 72.3 Å². The maximum absolute atomic E-state index is 11.9. The zero-order chi connectivity index (χ0) is 17.9. The molecule has 25 heavy (non-hydrogen) atoms. The van der Waals surface area contributed by atoms with Gasteiger partial charge in [0.05, 0.1) is 10.6 Å². The van der Waals surface area contributed by atoms with E-state index in [4.69, 9.17) is 0 Å². The lowest BCUT2D eigenvalue weighted by molar-refractivity contribution is -0.117. The van der Waals surface area contributed by atoms with Crippen LogP contribution in [-0.4, -0.2) is 20.5 Å². The second-order valence-corrected chi connectivity index (χ2v) is 7.16. The van der Waals surface area contributed by atoms with E-state index >= 15 is 0 Å². The summed E-state index contributed by atoms with van der Waals surface area (Å²) in [4.78, 5) is 15.4. The van der Waals surface area contributed by atoms with E-state index in [1.54, 1.807) is 18.3 Å². The fourth-order valence-electron chi connectivity index (χ4n) is 2.47. The van der Waals surface area contributed by atoms with E-state index in [9.17, 15) is 13.2 Å². The van der Waals surface area contributed by atoms with Crippen LogP contribution in [0.25, 0.3) is 10.8 Å². The van der Waals surface area contributed by atoms with Crippen molar-refractivity contribution in [3.63, 3.8) is 0 Å². The maximum atomic E-state index is 11.9. The highest BCUT2D eigenvalue weighted by Crippen LogP contribution is 2.19. The number of sulfonamides is 1. The number of carbonyl (C=O) groups is 1. The lowest BCUT2D eigenvalue weighted by atomic mass is 10.1. The first-order valence-electron chi connectivity index (χ1n) is 7.61. The van der Waals surface area contributed by atoms with Crippen molar-refractivity contribution in [1.82, 2.24) is 4.72 Å². The van der Waals surface area contributed by atoms with Crippen molar-refractivity contribution in [3.8, 4) is 0 Å². The Balaban J connectivity index is 1.86. The molecule has 1 N–H and O–H groups in total. The summed E-state index contributed by atoms with van der Waals surface area (Å²) in [5, 5.41) is 2.22. The largest absolute Gasteiger partial charge is 0.274 e. The lowest BCUT2D eigenvalue weighted by Crippen LogP contribution is -2.28. The summed E-state index contributed by atoms with van der Waals surface area (Å²) >= 11 is 0. The van der Waals surface area contributed by atoms with Gasteiger partial charge in [0.25, 0.3) is 10.0 Å². The number of nitrogens with one attached hydrogen (secondary N) is 1. The van der Waals surface area contributed by atoms with Gasteiger partial charge in [-0.15, -0.1) is 0 Å². The first-order valence-corrected chi connectivity index (χ1v) is 9.09. The molecule has 0 heterocycles. The Kier molecular flexibility index (Phi) is 4.63. The number of hydrogen-bond acceptors (Lipinski definition) is 4. The van der Waals surface area contributed by atoms with Crippen molar-refractivity contribution in [2.24, 2.45) is 4.99 Å². The Morgan fingerprint density at radius 2 is 1.64 bits per heavy atom. The molecule has 0 saturated heterocycles. The lowest BCUT2D eigenvalue weighted by Gasteiger charge is -2.04. The molecule has 3 aromatic rings. The maximum Gasteiger partial charge on any atom is 0.264 e. The average molecular weight is 352 g/mol. The SMILES string of the molecule is CC(=O)NS(=O)(=O)c1ccc(N=Cc2cccc3ccccc23)cc1. The van der Waals surface area contributed by atoms with E-state index in [0.29, 0.717) is 5.69 Å². The summed E-state index contributed by atoms with van der Waals surface area (Å²) in [5.74, 6) is -0.627. The number of carbonyl (C=O) groups excluding carboxylic acids is 1. The van der Waals surface area contributed by atoms with Crippen LogP contribution >= 0.6 is 0 Å². The molecule has 0 bridgehead atoms. The number of hydrogen-bond donors (Lipinski definition) is 1. The molecule has 0 fully saturated rings. The molecule has 0 radical (unpaired) electrons. The predicted octanol–water partition coefficient (Wildman–Crippen LogP) is 3.42. The van der Waals surface area contributed by atoms with Gasteiger partial charge in [-0.05, 0) is 35.0 Å². The molecule has 6 heteroatoms. The summed E-state index contributed by atoms with van der Waals surface area (Å²) in [6, 6.07) is 20.0. The van der Waals surface area contributed by atoms with Gasteiger partial charge in [-0.3, -0.25) is 9.79 Å². The fraction of sp³-hybridized carbons (Fsp3) is 0.0526. The van der Waals surface area contributed by atoms with Gasteiger partial charge in [0.1, 0.15) is 0 Å². The van der Waals surface area contributed by atoms with Gasteiger partial charge in [-0.1, -0.05) is 42.5 Å². The van der Waals surface area contributed by atoms with Gasteiger partial charge in [0, 0.05) is 18.7 Å². The van der Waals surface area contributed by atoms with E-state index in [0.717, 1.165) is 23.3 Å². The molecule has 0 aliphatic carbocycles. The van der Waals surface area contributed by atoms with Gasteiger partial charge in [0.2, 0.25) is 5.91 Å². The first-order chi connectivity index (χ1) is 12.0. The van der Waals surface area contributed by atoms with Crippen LogP contribution in [0.4, 0.5) is 5.69 Å². The quantitative estimate of drug-likeness (QED) is 0.731. The summed E-state index contributed by atoms with van der Waals surface area (Å²) < 4.78 is 25.7. The number of aliphatic imine (C=N–C) groups is 1. The van der Waals surface area contributed by atoms with Gasteiger partial charge in [0.15, 0.2) is 0 Å². The van der Waals surface area contributed by atoms with Crippen LogP contribution in [0.3, 0.4) is 0 Å². The molecule has 5 nitrogen and oxygen atoms in total. The number of fused-ring (bicyclic) bond motifs is 1. The smallest absolute Gasteiger partial charge is 0.264 e. The standard InChI is InChI=1S/C19H16N2O3S/c1-14(22)21-25(23,24)18-11-9-17(10-12-18)20-13-16-7-4-6-15-5-2-3-8-19(15)16/h2-13H,1H3,(H,21,22). The second-order valence-electron chi connectivity index (χ2n) is 5.48. The predicted molar refractivity (Wildman–Crippen MR) is 98.6 cm³/mol. The van der Waals surface area contributed by atoms with E-state index in [1.165, 1.54) is 12.1 Å². The molecule has 1 amide bonds. The van der Waals surface area contributed by atoms with Crippen molar-refractivity contribution in [2.45, 2.75) is 11.8 Å². The number of nitrogens with zero attached hydrogens (tertiary/aromatic N) is 1. The van der Waals surface area contributed by atoms with Crippen LogP contribution in [0.15, 0.2) is 76.6 Å². The van der Waals surface area contributed by atoms with E-state index in [2.05, 4.69) is 4.99 Å². The van der Waals surface area contributed by atoms with Crippen molar-refractivity contribution >= 4 is 38.6 Å². The molecule has 126 valence electrons. The molecule has 3 aromatic carbocycles. The highest BCUT2D eigenvalue weighted by Gasteiger charge is 2.14. The van der Waals surface area contributed by atoms with Gasteiger partial charge in [-0.2, -0.15) is 0 Å². The Bertz CT molecular complexity index is 1050. The number of amides is 1. The summed E-state index contributed by atoms with van der Waals surface area (Å²) in [6.45, 7) is 1.15. The minimum absolute atomic E-state index is 0.0202. The Morgan fingerprint density at radius 3 is 2.36 bits per heavy atom. The summed E-state index contributed by atoms with van der Waals surface area (Å²) in [5.41, 5.74) is 1.60. The van der Waals surface area contributed by atoms with Crippen molar-refractivity contribution in [1.29, 1.82) is 0 Å². The minimum Gasteiger partial charge on any atom is -0.274 e. The van der Waals surface area contributed by atoms with Crippen LogP contribution in [0.2, 0.25) is 0 Å². The summed E-state index contributed by atoms with van der Waals surface area (Å²) in [7, 11) is -3.82. The monoisotopic (exact) mass is 352 g/mol. The third-order valence-electron chi connectivity index (χ3n) is 3.60. The first kappa shape index (κ1) is 16.9. The van der Waals surface area contributed by atoms with Crippen molar-refractivity contribution in [2.75, 3.05) is 0 Å². The number of benzene rings is 3. The van der Waals surface area contributed by atoms with Crippen LogP contribution < -0.4 is 4.72 Å². The van der Waals surface area contributed by atoms with E-state index in [1.807, 2.05) is 47.2 Å². The molecule has 0 aliphatic heterocycles. The normalized spacial score (nSPS) is 11.7. The van der Waals surface area contributed by atoms with E-state index in [-0.39, 0.29) is 4.90 Å². The zero-order valence-corrected chi connectivity index (χ0v) is 14.3. The second kappa shape index (κ2) is 6.86. The molecular formula is C19H16N2O3S. The minimum atomic E-state index is -3.82. The Labute approximate surface area is 146 Å².